The standard InChI is InChI=1S/C16H16F2N6O3S/c1-27-11-2-4-12(5-3-11)28(25,26)23-8-10(9-23)19-13-6-7-14-20-21-16(15(17)18)24(14)22-13/h2-7,10,15H,8-9H2,1H3,(H,19,22). The van der Waals surface area contributed by atoms with Gasteiger partial charge in [0.1, 0.15) is 11.6 Å². The second kappa shape index (κ2) is 6.95. The topological polar surface area (TPSA) is 102 Å². The van der Waals surface area contributed by atoms with Gasteiger partial charge >= 0.3 is 0 Å². The van der Waals surface area contributed by atoms with E-state index in [0.717, 1.165) is 4.52 Å². The van der Waals surface area contributed by atoms with Crippen molar-refractivity contribution in [3.8, 4) is 5.75 Å². The molecule has 1 N–H and O–H groups in total. The molecule has 1 aliphatic heterocycles. The van der Waals surface area contributed by atoms with Crippen LogP contribution < -0.4 is 10.1 Å². The molecule has 4 rings (SSSR count). The Kier molecular flexibility index (Phi) is 4.59. The van der Waals surface area contributed by atoms with Crippen LogP contribution in [0.3, 0.4) is 0 Å². The van der Waals surface area contributed by atoms with Crippen LogP contribution in [0.25, 0.3) is 5.65 Å². The molecular weight excluding hydrogens is 394 g/mol. The fourth-order valence-electron chi connectivity index (χ4n) is 2.85. The molecule has 1 aromatic carbocycles. The predicted molar refractivity (Wildman–Crippen MR) is 94.9 cm³/mol. The van der Waals surface area contributed by atoms with Crippen LogP contribution in [0.1, 0.15) is 12.2 Å². The quantitative estimate of drug-likeness (QED) is 0.658. The van der Waals surface area contributed by atoms with Crippen LogP contribution in [0, 0.1) is 0 Å². The summed E-state index contributed by atoms with van der Waals surface area (Å²) in [5.74, 6) is 0.359. The molecular formula is C16H16F2N6O3S. The number of anilines is 1. The van der Waals surface area contributed by atoms with Crippen molar-refractivity contribution in [1.82, 2.24) is 24.1 Å². The highest BCUT2D eigenvalue weighted by molar-refractivity contribution is 7.89. The first-order valence-corrected chi connectivity index (χ1v) is 9.74. The zero-order valence-electron chi connectivity index (χ0n) is 14.7. The Morgan fingerprint density at radius 3 is 2.50 bits per heavy atom. The highest BCUT2D eigenvalue weighted by atomic mass is 32.2. The molecule has 9 nitrogen and oxygen atoms in total. The fourth-order valence-corrected chi connectivity index (χ4v) is 4.38. The van der Waals surface area contributed by atoms with E-state index in [0.29, 0.717) is 11.6 Å². The second-order valence-electron chi connectivity index (χ2n) is 6.19. The Morgan fingerprint density at radius 1 is 1.14 bits per heavy atom. The number of hydrogen-bond acceptors (Lipinski definition) is 7. The van der Waals surface area contributed by atoms with Crippen molar-refractivity contribution >= 4 is 21.5 Å². The van der Waals surface area contributed by atoms with Crippen molar-refractivity contribution in [2.75, 3.05) is 25.5 Å². The van der Waals surface area contributed by atoms with Crippen LogP contribution in [0.4, 0.5) is 14.6 Å². The smallest absolute Gasteiger partial charge is 0.299 e. The third-order valence-corrected chi connectivity index (χ3v) is 6.23. The maximum Gasteiger partial charge on any atom is 0.299 e. The minimum atomic E-state index is -3.60. The van der Waals surface area contributed by atoms with Gasteiger partial charge in [-0.1, -0.05) is 0 Å². The Morgan fingerprint density at radius 2 is 1.86 bits per heavy atom. The number of fused-ring (bicyclic) bond motifs is 1. The van der Waals surface area contributed by atoms with Gasteiger partial charge in [0, 0.05) is 13.1 Å². The van der Waals surface area contributed by atoms with E-state index in [9.17, 15) is 17.2 Å². The average molecular weight is 410 g/mol. The Labute approximate surface area is 159 Å². The third kappa shape index (κ3) is 3.24. The summed E-state index contributed by atoms with van der Waals surface area (Å²) in [7, 11) is -2.10. The van der Waals surface area contributed by atoms with E-state index >= 15 is 0 Å². The minimum Gasteiger partial charge on any atom is -0.497 e. The highest BCUT2D eigenvalue weighted by Crippen LogP contribution is 2.25. The number of sulfonamides is 1. The van der Waals surface area contributed by atoms with Gasteiger partial charge in [-0.15, -0.1) is 15.3 Å². The number of benzene rings is 1. The minimum absolute atomic E-state index is 0.178. The largest absolute Gasteiger partial charge is 0.497 e. The van der Waals surface area contributed by atoms with E-state index in [4.69, 9.17) is 4.74 Å². The second-order valence-corrected chi connectivity index (χ2v) is 8.12. The SMILES string of the molecule is COc1ccc(S(=O)(=O)N2CC(Nc3ccc4nnc(C(F)F)n4n3)C2)cc1. The van der Waals surface area contributed by atoms with Crippen molar-refractivity contribution in [1.29, 1.82) is 0 Å². The Bertz CT molecular complexity index is 1100. The number of halogens is 2. The van der Waals surface area contributed by atoms with Crippen LogP contribution in [-0.2, 0) is 10.0 Å². The van der Waals surface area contributed by atoms with E-state index in [1.807, 2.05) is 0 Å². The van der Waals surface area contributed by atoms with Crippen LogP contribution in [-0.4, -0.2) is 58.8 Å². The zero-order valence-corrected chi connectivity index (χ0v) is 15.5. The lowest BCUT2D eigenvalue weighted by atomic mass is 10.2. The normalized spacial score (nSPS) is 15.7. The molecule has 0 saturated carbocycles. The predicted octanol–water partition coefficient (Wildman–Crippen LogP) is 1.56. The summed E-state index contributed by atoms with van der Waals surface area (Å²) < 4.78 is 58.4. The number of nitrogens with zero attached hydrogens (tertiary/aromatic N) is 5. The lowest BCUT2D eigenvalue weighted by Gasteiger charge is -2.38. The van der Waals surface area contributed by atoms with Crippen LogP contribution >= 0.6 is 0 Å². The van der Waals surface area contributed by atoms with E-state index in [2.05, 4.69) is 20.6 Å². The fraction of sp³-hybridized carbons (Fsp3) is 0.312. The van der Waals surface area contributed by atoms with Crippen molar-refractivity contribution in [2.24, 2.45) is 0 Å². The molecule has 3 aromatic rings. The summed E-state index contributed by atoms with van der Waals surface area (Å²) in [4.78, 5) is 0.178. The molecule has 0 aliphatic carbocycles. The molecule has 0 bridgehead atoms. The van der Waals surface area contributed by atoms with Crippen molar-refractivity contribution in [3.63, 3.8) is 0 Å². The maximum absolute atomic E-state index is 12.9. The molecule has 12 heteroatoms. The van der Waals surface area contributed by atoms with Gasteiger partial charge in [0.25, 0.3) is 6.43 Å². The van der Waals surface area contributed by atoms with E-state index < -0.39 is 22.3 Å². The molecule has 3 heterocycles. The van der Waals surface area contributed by atoms with Gasteiger partial charge in [-0.05, 0) is 36.4 Å². The Balaban J connectivity index is 1.44. The summed E-state index contributed by atoms with van der Waals surface area (Å²) in [6.07, 6.45) is -2.80. The number of nitrogens with one attached hydrogen (secondary N) is 1. The summed E-state index contributed by atoms with van der Waals surface area (Å²) in [5.41, 5.74) is 0.207. The maximum atomic E-state index is 12.9. The molecule has 148 valence electrons. The van der Waals surface area contributed by atoms with E-state index in [1.165, 1.54) is 29.6 Å². The van der Waals surface area contributed by atoms with Gasteiger partial charge in [-0.25, -0.2) is 17.2 Å². The number of aromatic nitrogens is 4. The summed E-state index contributed by atoms with van der Waals surface area (Å²) in [6.45, 7) is 0.468. The lowest BCUT2D eigenvalue weighted by molar-refractivity contribution is 0.137. The molecule has 0 unspecified atom stereocenters. The van der Waals surface area contributed by atoms with Gasteiger partial charge < -0.3 is 10.1 Å². The molecule has 0 spiro atoms. The number of alkyl halides is 2. The first-order chi connectivity index (χ1) is 13.4. The number of hydrogen-bond donors (Lipinski definition) is 1. The average Bonchev–Trinajstić information content (AvgIpc) is 3.07. The van der Waals surface area contributed by atoms with Crippen molar-refractivity contribution in [2.45, 2.75) is 17.4 Å². The lowest BCUT2D eigenvalue weighted by Crippen LogP contribution is -2.56. The number of methoxy groups -OCH3 is 1. The summed E-state index contributed by atoms with van der Waals surface area (Å²) in [5, 5.41) is 14.1. The number of ether oxygens (including phenoxy) is 1. The van der Waals surface area contributed by atoms with Crippen LogP contribution in [0.5, 0.6) is 5.75 Å². The Hall–Kier alpha value is -2.86. The van der Waals surface area contributed by atoms with Crippen molar-refractivity contribution in [3.05, 3.63) is 42.2 Å². The molecule has 2 aromatic heterocycles. The van der Waals surface area contributed by atoms with Gasteiger partial charge in [-0.3, -0.25) is 0 Å². The molecule has 1 fully saturated rings. The van der Waals surface area contributed by atoms with Crippen LogP contribution in [0.2, 0.25) is 0 Å². The molecule has 1 aliphatic rings. The molecule has 0 radical (unpaired) electrons. The summed E-state index contributed by atoms with van der Waals surface area (Å²) in [6, 6.07) is 9.05. The monoisotopic (exact) mass is 410 g/mol. The first-order valence-electron chi connectivity index (χ1n) is 8.30. The first kappa shape index (κ1) is 18.5. The van der Waals surface area contributed by atoms with Crippen molar-refractivity contribution < 1.29 is 21.9 Å². The molecule has 0 atom stereocenters. The molecule has 1 saturated heterocycles. The van der Waals surface area contributed by atoms with Gasteiger partial charge in [-0.2, -0.15) is 8.82 Å². The van der Waals surface area contributed by atoms with E-state index in [1.54, 1.807) is 18.2 Å². The van der Waals surface area contributed by atoms with Gasteiger partial charge in [0.2, 0.25) is 15.8 Å². The molecule has 28 heavy (non-hydrogen) atoms. The van der Waals surface area contributed by atoms with Crippen LogP contribution in [0.15, 0.2) is 41.3 Å². The van der Waals surface area contributed by atoms with E-state index in [-0.39, 0.29) is 29.7 Å². The summed E-state index contributed by atoms with van der Waals surface area (Å²) >= 11 is 0. The molecule has 0 amide bonds. The third-order valence-electron chi connectivity index (χ3n) is 4.38. The number of rotatable bonds is 6. The van der Waals surface area contributed by atoms with Gasteiger partial charge in [0.05, 0.1) is 18.0 Å². The highest BCUT2D eigenvalue weighted by Gasteiger charge is 2.37. The van der Waals surface area contributed by atoms with Gasteiger partial charge in [0.15, 0.2) is 5.65 Å². The zero-order chi connectivity index (χ0) is 19.9.